The summed E-state index contributed by atoms with van der Waals surface area (Å²) in [4.78, 5) is 2.36. The molecule has 2 rings (SSSR count). The topological polar surface area (TPSA) is 27.7 Å². The van der Waals surface area contributed by atoms with Crippen molar-refractivity contribution in [2.24, 2.45) is 0 Å². The van der Waals surface area contributed by atoms with Crippen molar-refractivity contribution in [1.82, 2.24) is 15.3 Å². The van der Waals surface area contributed by atoms with Gasteiger partial charge in [0.05, 0.1) is 6.61 Å². The van der Waals surface area contributed by atoms with Crippen LogP contribution in [0.15, 0.2) is 24.3 Å². The van der Waals surface area contributed by atoms with Crippen molar-refractivity contribution < 1.29 is 4.74 Å². The minimum atomic E-state index is 0.787. The minimum Gasteiger partial charge on any atom is -0.494 e. The molecule has 0 radical (unpaired) electrons. The Kier molecular flexibility index (Phi) is 5.63. The summed E-state index contributed by atoms with van der Waals surface area (Å²) in [6.45, 7) is 8.21. The Morgan fingerprint density at radius 3 is 2.74 bits per heavy atom. The molecule has 4 nitrogen and oxygen atoms in total. The average Bonchev–Trinajstić information content (AvgIpc) is 2.45. The van der Waals surface area contributed by atoms with Crippen LogP contribution in [0.5, 0.6) is 5.75 Å². The van der Waals surface area contributed by atoms with Gasteiger partial charge in [-0.15, -0.1) is 0 Å². The van der Waals surface area contributed by atoms with E-state index >= 15 is 0 Å². The van der Waals surface area contributed by atoms with Gasteiger partial charge in [0.2, 0.25) is 0 Å². The van der Waals surface area contributed by atoms with Gasteiger partial charge in [-0.1, -0.05) is 19.1 Å². The lowest BCUT2D eigenvalue weighted by atomic mass is 10.2. The Morgan fingerprint density at radius 1 is 1.21 bits per heavy atom. The van der Waals surface area contributed by atoms with Gasteiger partial charge < -0.3 is 9.64 Å². The Labute approximate surface area is 116 Å². The minimum absolute atomic E-state index is 0.787. The number of likely N-dealkylation sites (N-methyl/N-ethyl adjacent to an activating group) is 1. The van der Waals surface area contributed by atoms with E-state index in [0.29, 0.717) is 0 Å². The third-order valence-corrected chi connectivity index (χ3v) is 3.38. The molecule has 106 valence electrons. The van der Waals surface area contributed by atoms with E-state index in [1.54, 1.807) is 0 Å². The summed E-state index contributed by atoms with van der Waals surface area (Å²) in [5.74, 6) is 0.972. The zero-order chi connectivity index (χ0) is 13.5. The first kappa shape index (κ1) is 14.3. The molecular weight excluding hydrogens is 238 g/mol. The van der Waals surface area contributed by atoms with Crippen molar-refractivity contribution in [3.05, 3.63) is 29.8 Å². The van der Waals surface area contributed by atoms with E-state index in [1.165, 1.54) is 5.56 Å². The van der Waals surface area contributed by atoms with E-state index in [-0.39, 0.29) is 0 Å². The van der Waals surface area contributed by atoms with Crippen molar-refractivity contribution in [2.45, 2.75) is 19.9 Å². The fourth-order valence-corrected chi connectivity index (χ4v) is 2.13. The molecule has 19 heavy (non-hydrogen) atoms. The lowest BCUT2D eigenvalue weighted by molar-refractivity contribution is 0.102. The van der Waals surface area contributed by atoms with Crippen LogP contribution in [0.2, 0.25) is 0 Å². The Morgan fingerprint density at radius 2 is 2.00 bits per heavy atom. The second-order valence-corrected chi connectivity index (χ2v) is 5.12. The van der Waals surface area contributed by atoms with Crippen LogP contribution in [0.4, 0.5) is 0 Å². The summed E-state index contributed by atoms with van der Waals surface area (Å²) in [7, 11) is 2.17. The van der Waals surface area contributed by atoms with E-state index in [4.69, 9.17) is 4.74 Å². The molecule has 0 saturated carbocycles. The number of hydrogen-bond acceptors (Lipinski definition) is 4. The molecule has 1 aliphatic heterocycles. The predicted octanol–water partition coefficient (Wildman–Crippen LogP) is 1.73. The molecule has 1 aliphatic rings. The monoisotopic (exact) mass is 263 g/mol. The number of ether oxygens (including phenoxy) is 1. The third kappa shape index (κ3) is 4.82. The molecular formula is C15H25N3O. The Bertz CT molecular complexity index is 375. The maximum absolute atomic E-state index is 5.65. The van der Waals surface area contributed by atoms with E-state index in [9.17, 15) is 0 Å². The second kappa shape index (κ2) is 7.48. The van der Waals surface area contributed by atoms with Gasteiger partial charge in [0.1, 0.15) is 5.75 Å². The van der Waals surface area contributed by atoms with Crippen LogP contribution in [0.3, 0.4) is 0 Å². The Hall–Kier alpha value is -1.10. The number of rotatable bonds is 6. The summed E-state index contributed by atoms with van der Waals surface area (Å²) >= 11 is 0. The van der Waals surface area contributed by atoms with Crippen molar-refractivity contribution in [2.75, 3.05) is 39.8 Å². The molecule has 4 heteroatoms. The summed E-state index contributed by atoms with van der Waals surface area (Å²) in [6, 6.07) is 8.35. The number of piperazine rings is 1. The molecule has 0 unspecified atom stereocenters. The first-order valence-electron chi connectivity index (χ1n) is 7.16. The van der Waals surface area contributed by atoms with E-state index in [2.05, 4.69) is 47.5 Å². The average molecular weight is 263 g/mol. The fraction of sp³-hybridized carbons (Fsp3) is 0.600. The molecule has 0 spiro atoms. The number of hydrogen-bond donors (Lipinski definition) is 1. The van der Waals surface area contributed by atoms with Gasteiger partial charge >= 0.3 is 0 Å². The van der Waals surface area contributed by atoms with E-state index in [0.717, 1.165) is 51.5 Å². The highest BCUT2D eigenvalue weighted by Gasteiger charge is 2.12. The molecule has 1 fully saturated rings. The van der Waals surface area contributed by atoms with Gasteiger partial charge in [-0.05, 0) is 31.2 Å². The van der Waals surface area contributed by atoms with Crippen LogP contribution < -0.4 is 10.2 Å². The second-order valence-electron chi connectivity index (χ2n) is 5.12. The van der Waals surface area contributed by atoms with E-state index in [1.807, 2.05) is 6.07 Å². The standard InChI is InChI=1S/C15H25N3O/c1-3-11-19-15-6-4-5-14(12-15)13-16-18-9-7-17(2)8-10-18/h4-6,12,16H,3,7-11,13H2,1-2H3. The predicted molar refractivity (Wildman–Crippen MR) is 78.1 cm³/mol. The van der Waals surface area contributed by atoms with E-state index < -0.39 is 0 Å². The molecule has 0 aromatic heterocycles. The van der Waals surface area contributed by atoms with Gasteiger partial charge in [-0.3, -0.25) is 5.43 Å². The van der Waals surface area contributed by atoms with Crippen molar-refractivity contribution >= 4 is 0 Å². The first-order valence-corrected chi connectivity index (χ1v) is 7.16. The zero-order valence-corrected chi connectivity index (χ0v) is 12.1. The highest BCUT2D eigenvalue weighted by atomic mass is 16.5. The zero-order valence-electron chi connectivity index (χ0n) is 12.1. The summed E-state index contributed by atoms with van der Waals surface area (Å²) < 4.78 is 5.65. The lowest BCUT2D eigenvalue weighted by Gasteiger charge is -2.32. The normalized spacial score (nSPS) is 17.6. The van der Waals surface area contributed by atoms with Gasteiger partial charge in [-0.2, -0.15) is 0 Å². The number of benzene rings is 1. The summed E-state index contributed by atoms with van der Waals surface area (Å²) in [5, 5.41) is 2.31. The largest absolute Gasteiger partial charge is 0.494 e. The van der Waals surface area contributed by atoms with Gasteiger partial charge in [0, 0.05) is 32.7 Å². The van der Waals surface area contributed by atoms with Crippen LogP contribution in [0, 0.1) is 0 Å². The maximum Gasteiger partial charge on any atom is 0.119 e. The summed E-state index contributed by atoms with van der Waals surface area (Å²) in [5.41, 5.74) is 4.76. The highest BCUT2D eigenvalue weighted by molar-refractivity contribution is 5.28. The van der Waals surface area contributed by atoms with Crippen molar-refractivity contribution in [1.29, 1.82) is 0 Å². The van der Waals surface area contributed by atoms with Crippen LogP contribution in [-0.2, 0) is 6.54 Å². The molecule has 1 aromatic rings. The van der Waals surface area contributed by atoms with Gasteiger partial charge in [-0.25, -0.2) is 5.01 Å². The first-order chi connectivity index (χ1) is 9.28. The molecule has 0 bridgehead atoms. The number of nitrogens with zero attached hydrogens (tertiary/aromatic N) is 2. The molecule has 1 N–H and O–H groups in total. The molecule has 1 aromatic carbocycles. The molecule has 1 saturated heterocycles. The third-order valence-electron chi connectivity index (χ3n) is 3.38. The highest BCUT2D eigenvalue weighted by Crippen LogP contribution is 2.13. The smallest absolute Gasteiger partial charge is 0.119 e. The van der Waals surface area contributed by atoms with Crippen LogP contribution in [0.1, 0.15) is 18.9 Å². The molecule has 0 aliphatic carbocycles. The van der Waals surface area contributed by atoms with Crippen LogP contribution in [0.25, 0.3) is 0 Å². The number of nitrogens with one attached hydrogen (secondary N) is 1. The van der Waals surface area contributed by atoms with Gasteiger partial charge in [0.25, 0.3) is 0 Å². The van der Waals surface area contributed by atoms with Crippen LogP contribution in [-0.4, -0.2) is 49.7 Å². The molecule has 0 amide bonds. The van der Waals surface area contributed by atoms with Crippen molar-refractivity contribution in [3.8, 4) is 5.75 Å². The SMILES string of the molecule is CCCOc1cccc(CNN2CCN(C)CC2)c1. The van der Waals surface area contributed by atoms with Gasteiger partial charge in [0.15, 0.2) is 0 Å². The van der Waals surface area contributed by atoms with Crippen LogP contribution >= 0.6 is 0 Å². The number of hydrazine groups is 1. The maximum atomic E-state index is 5.65. The molecule has 1 heterocycles. The van der Waals surface area contributed by atoms with Crippen molar-refractivity contribution in [3.63, 3.8) is 0 Å². The molecule has 0 atom stereocenters. The quantitative estimate of drug-likeness (QED) is 0.846. The lowest BCUT2D eigenvalue weighted by Crippen LogP contribution is -2.50. The summed E-state index contributed by atoms with van der Waals surface area (Å²) in [6.07, 6.45) is 1.05. The fourth-order valence-electron chi connectivity index (χ4n) is 2.13. The Balaban J connectivity index is 1.78.